The van der Waals surface area contributed by atoms with E-state index in [9.17, 15) is 4.79 Å². The van der Waals surface area contributed by atoms with Crippen LogP contribution in [0, 0.1) is 5.92 Å². The van der Waals surface area contributed by atoms with Gasteiger partial charge in [0.25, 0.3) is 0 Å². The van der Waals surface area contributed by atoms with Crippen molar-refractivity contribution in [3.8, 4) is 0 Å². The zero-order valence-corrected chi connectivity index (χ0v) is 9.73. The van der Waals surface area contributed by atoms with Gasteiger partial charge in [0.15, 0.2) is 0 Å². The molecule has 0 bridgehead atoms. The predicted molar refractivity (Wildman–Crippen MR) is 66.7 cm³/mol. The van der Waals surface area contributed by atoms with E-state index in [1.54, 1.807) is 0 Å². The molecule has 4 nitrogen and oxygen atoms in total. The molecule has 1 aromatic carbocycles. The van der Waals surface area contributed by atoms with E-state index in [2.05, 4.69) is 10.6 Å². The number of hydrogen-bond donors (Lipinski definition) is 3. The zero-order valence-electron chi connectivity index (χ0n) is 9.73. The van der Waals surface area contributed by atoms with Gasteiger partial charge in [-0.15, -0.1) is 0 Å². The zero-order chi connectivity index (χ0) is 12.1. The lowest BCUT2D eigenvalue weighted by atomic mass is 10.2. The van der Waals surface area contributed by atoms with Gasteiger partial charge < -0.3 is 15.7 Å². The minimum Gasteiger partial charge on any atom is -0.395 e. The third-order valence-electron chi connectivity index (χ3n) is 2.97. The summed E-state index contributed by atoms with van der Waals surface area (Å²) in [5.74, 6) is 0.472. The van der Waals surface area contributed by atoms with Crippen LogP contribution in [0.1, 0.15) is 12.8 Å². The molecule has 1 aliphatic carbocycles. The Labute approximate surface area is 101 Å². The van der Waals surface area contributed by atoms with Gasteiger partial charge in [-0.2, -0.15) is 0 Å². The number of carbonyl (C=O) groups excluding carboxylic acids is 1. The number of amides is 1. The fourth-order valence-electron chi connectivity index (χ4n) is 1.83. The van der Waals surface area contributed by atoms with Gasteiger partial charge in [0.05, 0.1) is 13.2 Å². The number of aliphatic hydroxyl groups excluding tert-OH is 1. The van der Waals surface area contributed by atoms with Crippen LogP contribution in [-0.4, -0.2) is 30.2 Å². The average Bonchev–Trinajstić information content (AvgIpc) is 3.16. The molecule has 1 aliphatic rings. The van der Waals surface area contributed by atoms with Crippen molar-refractivity contribution in [2.24, 2.45) is 5.92 Å². The van der Waals surface area contributed by atoms with Gasteiger partial charge in [0.1, 0.15) is 0 Å². The van der Waals surface area contributed by atoms with Crippen LogP contribution in [0.5, 0.6) is 0 Å². The monoisotopic (exact) mass is 234 g/mol. The molecule has 1 amide bonds. The number of rotatable bonds is 6. The second kappa shape index (κ2) is 5.80. The summed E-state index contributed by atoms with van der Waals surface area (Å²) >= 11 is 0. The van der Waals surface area contributed by atoms with Gasteiger partial charge in [-0.3, -0.25) is 4.79 Å². The highest BCUT2D eigenvalue weighted by Gasteiger charge is 2.30. The van der Waals surface area contributed by atoms with Gasteiger partial charge in [0, 0.05) is 11.7 Å². The Kier molecular flexibility index (Phi) is 4.12. The summed E-state index contributed by atoms with van der Waals surface area (Å²) in [6, 6.07) is 9.43. The lowest BCUT2D eigenvalue weighted by molar-refractivity contribution is -0.115. The molecular weight excluding hydrogens is 216 g/mol. The van der Waals surface area contributed by atoms with Crippen molar-refractivity contribution in [1.29, 1.82) is 0 Å². The SMILES string of the molecule is O=C(CN[C@H](CO)C1CC1)Nc1ccccc1. The van der Waals surface area contributed by atoms with E-state index in [4.69, 9.17) is 5.11 Å². The molecular formula is C13H18N2O2. The van der Waals surface area contributed by atoms with Crippen molar-refractivity contribution in [3.63, 3.8) is 0 Å². The van der Waals surface area contributed by atoms with Crippen molar-refractivity contribution in [2.75, 3.05) is 18.5 Å². The Morgan fingerprint density at radius 1 is 1.35 bits per heavy atom. The first kappa shape index (κ1) is 12.1. The van der Waals surface area contributed by atoms with Gasteiger partial charge >= 0.3 is 0 Å². The summed E-state index contributed by atoms with van der Waals surface area (Å²) in [5.41, 5.74) is 0.797. The van der Waals surface area contributed by atoms with Crippen molar-refractivity contribution >= 4 is 11.6 Å². The molecule has 0 radical (unpaired) electrons. The summed E-state index contributed by atoms with van der Waals surface area (Å²) in [7, 11) is 0. The number of aliphatic hydroxyl groups is 1. The number of hydrogen-bond acceptors (Lipinski definition) is 3. The fraction of sp³-hybridized carbons (Fsp3) is 0.462. The first-order chi connectivity index (χ1) is 8.29. The average molecular weight is 234 g/mol. The maximum atomic E-state index is 11.6. The molecule has 4 heteroatoms. The lowest BCUT2D eigenvalue weighted by Crippen LogP contribution is -2.39. The summed E-state index contributed by atoms with van der Waals surface area (Å²) in [5, 5.41) is 15.0. The molecule has 0 aliphatic heterocycles. The number of benzene rings is 1. The van der Waals surface area contributed by atoms with Crippen LogP contribution in [0.2, 0.25) is 0 Å². The van der Waals surface area contributed by atoms with Gasteiger partial charge in [-0.1, -0.05) is 18.2 Å². The number of para-hydroxylation sites is 1. The minimum absolute atomic E-state index is 0.0662. The fourth-order valence-corrected chi connectivity index (χ4v) is 1.83. The van der Waals surface area contributed by atoms with Crippen LogP contribution in [0.4, 0.5) is 5.69 Å². The quantitative estimate of drug-likeness (QED) is 0.687. The van der Waals surface area contributed by atoms with E-state index in [1.165, 1.54) is 0 Å². The third kappa shape index (κ3) is 3.84. The van der Waals surface area contributed by atoms with E-state index >= 15 is 0 Å². The van der Waals surface area contributed by atoms with Gasteiger partial charge in [0.2, 0.25) is 5.91 Å². The molecule has 1 atom stereocenters. The number of nitrogens with one attached hydrogen (secondary N) is 2. The topological polar surface area (TPSA) is 61.4 Å². The maximum Gasteiger partial charge on any atom is 0.238 e. The van der Waals surface area contributed by atoms with Crippen molar-refractivity contribution in [1.82, 2.24) is 5.32 Å². The Bertz CT molecular complexity index is 363. The first-order valence-corrected chi connectivity index (χ1v) is 5.98. The van der Waals surface area contributed by atoms with Crippen LogP contribution in [-0.2, 0) is 4.79 Å². The highest BCUT2D eigenvalue weighted by Crippen LogP contribution is 2.32. The Morgan fingerprint density at radius 3 is 2.65 bits per heavy atom. The van der Waals surface area contributed by atoms with Crippen LogP contribution in [0.25, 0.3) is 0 Å². The van der Waals surface area contributed by atoms with E-state index in [0.717, 1.165) is 18.5 Å². The van der Waals surface area contributed by atoms with Gasteiger partial charge in [-0.05, 0) is 30.9 Å². The Hall–Kier alpha value is -1.39. The van der Waals surface area contributed by atoms with E-state index in [0.29, 0.717) is 5.92 Å². The summed E-state index contributed by atoms with van der Waals surface area (Å²) in [6.07, 6.45) is 2.30. The Balaban J connectivity index is 1.73. The molecule has 0 spiro atoms. The molecule has 0 unspecified atom stereocenters. The molecule has 1 aromatic rings. The second-order valence-electron chi connectivity index (χ2n) is 4.42. The standard InChI is InChI=1S/C13H18N2O2/c16-9-12(10-6-7-10)14-8-13(17)15-11-4-2-1-3-5-11/h1-5,10,12,14,16H,6-9H2,(H,15,17)/t12-/m1/s1. The van der Waals surface area contributed by atoms with E-state index in [-0.39, 0.29) is 25.1 Å². The second-order valence-corrected chi connectivity index (χ2v) is 4.42. The molecule has 0 heterocycles. The smallest absolute Gasteiger partial charge is 0.238 e. The molecule has 1 saturated carbocycles. The molecule has 92 valence electrons. The molecule has 0 saturated heterocycles. The maximum absolute atomic E-state index is 11.6. The minimum atomic E-state index is -0.0738. The third-order valence-corrected chi connectivity index (χ3v) is 2.97. The number of carbonyl (C=O) groups is 1. The summed E-state index contributed by atoms with van der Waals surface area (Å²) in [6.45, 7) is 0.347. The van der Waals surface area contributed by atoms with Crippen molar-refractivity contribution < 1.29 is 9.90 Å². The molecule has 3 N–H and O–H groups in total. The summed E-state index contributed by atoms with van der Waals surface area (Å²) < 4.78 is 0. The predicted octanol–water partition coefficient (Wildman–Crippen LogP) is 0.986. The van der Waals surface area contributed by atoms with Crippen LogP contribution < -0.4 is 10.6 Å². The molecule has 2 rings (SSSR count). The van der Waals surface area contributed by atoms with Crippen LogP contribution in [0.15, 0.2) is 30.3 Å². The van der Waals surface area contributed by atoms with Crippen molar-refractivity contribution in [3.05, 3.63) is 30.3 Å². The lowest BCUT2D eigenvalue weighted by Gasteiger charge is -2.14. The highest BCUT2D eigenvalue weighted by atomic mass is 16.3. The summed E-state index contributed by atoms with van der Waals surface area (Å²) in [4.78, 5) is 11.6. The van der Waals surface area contributed by atoms with E-state index in [1.807, 2.05) is 30.3 Å². The van der Waals surface area contributed by atoms with Crippen molar-refractivity contribution in [2.45, 2.75) is 18.9 Å². The number of anilines is 1. The normalized spacial score (nSPS) is 16.5. The van der Waals surface area contributed by atoms with Crippen LogP contribution >= 0.6 is 0 Å². The van der Waals surface area contributed by atoms with E-state index < -0.39 is 0 Å². The van der Waals surface area contributed by atoms with Gasteiger partial charge in [-0.25, -0.2) is 0 Å². The Morgan fingerprint density at radius 2 is 2.06 bits per heavy atom. The highest BCUT2D eigenvalue weighted by molar-refractivity contribution is 5.92. The molecule has 17 heavy (non-hydrogen) atoms. The van der Waals surface area contributed by atoms with Crippen LogP contribution in [0.3, 0.4) is 0 Å². The molecule has 1 fully saturated rings. The largest absolute Gasteiger partial charge is 0.395 e. The molecule has 0 aromatic heterocycles. The first-order valence-electron chi connectivity index (χ1n) is 5.98.